The number of hydrogen-bond acceptors (Lipinski definition) is 1. The summed E-state index contributed by atoms with van der Waals surface area (Å²) in [5.74, 6) is 0.977. The van der Waals surface area contributed by atoms with Crippen LogP contribution in [0.2, 0.25) is 0 Å². The van der Waals surface area contributed by atoms with E-state index in [2.05, 4.69) is 62.0 Å². The zero-order chi connectivity index (χ0) is 14.8. The molecule has 0 fully saturated rings. The van der Waals surface area contributed by atoms with Gasteiger partial charge in [0, 0.05) is 26.6 Å². The third kappa shape index (κ3) is 3.11. The van der Waals surface area contributed by atoms with Gasteiger partial charge in [0.2, 0.25) is 0 Å². The van der Waals surface area contributed by atoms with E-state index in [1.165, 1.54) is 5.56 Å². The number of aromatic nitrogens is 2. The molecule has 106 valence electrons. The number of halogens is 2. The SMILES string of the molecule is Cc1[nH]c(Cc2ccccc2Br)nc1-c1ccccc1Br. The minimum absolute atomic E-state index is 0.784. The molecule has 0 bridgehead atoms. The molecule has 1 N–H and O–H groups in total. The molecule has 0 amide bonds. The minimum Gasteiger partial charge on any atom is -0.345 e. The van der Waals surface area contributed by atoms with Crippen molar-refractivity contribution in [3.8, 4) is 11.3 Å². The molecular weight excluding hydrogens is 392 g/mol. The van der Waals surface area contributed by atoms with Crippen LogP contribution in [0.5, 0.6) is 0 Å². The van der Waals surface area contributed by atoms with Crippen LogP contribution >= 0.6 is 31.9 Å². The molecule has 3 rings (SSSR count). The lowest BCUT2D eigenvalue weighted by atomic mass is 10.1. The number of hydrogen-bond donors (Lipinski definition) is 1. The predicted octanol–water partition coefficient (Wildman–Crippen LogP) is 5.50. The summed E-state index contributed by atoms with van der Waals surface area (Å²) in [4.78, 5) is 8.16. The topological polar surface area (TPSA) is 28.7 Å². The Kier molecular flexibility index (Phi) is 4.27. The number of rotatable bonds is 3. The summed E-state index contributed by atoms with van der Waals surface area (Å²) in [5, 5.41) is 0. The molecule has 0 saturated heterocycles. The molecule has 0 spiro atoms. The first kappa shape index (κ1) is 14.5. The maximum absolute atomic E-state index is 4.77. The Bertz CT molecular complexity index is 778. The molecule has 2 nitrogen and oxygen atoms in total. The van der Waals surface area contributed by atoms with Crippen molar-refractivity contribution in [3.63, 3.8) is 0 Å². The lowest BCUT2D eigenvalue weighted by Gasteiger charge is -2.02. The average Bonchev–Trinajstić information content (AvgIpc) is 2.83. The van der Waals surface area contributed by atoms with E-state index in [1.54, 1.807) is 0 Å². The third-order valence-electron chi connectivity index (χ3n) is 3.38. The molecular formula is C17H14Br2N2. The lowest BCUT2D eigenvalue weighted by molar-refractivity contribution is 1.01. The summed E-state index contributed by atoms with van der Waals surface area (Å²) in [5.41, 5.74) is 4.43. The minimum atomic E-state index is 0.784. The molecule has 0 aliphatic carbocycles. The summed E-state index contributed by atoms with van der Waals surface area (Å²) in [6.07, 6.45) is 0.784. The zero-order valence-corrected chi connectivity index (χ0v) is 14.7. The Morgan fingerprint density at radius 2 is 1.62 bits per heavy atom. The molecule has 2 aromatic carbocycles. The quantitative estimate of drug-likeness (QED) is 0.612. The van der Waals surface area contributed by atoms with Gasteiger partial charge in [0.15, 0.2) is 0 Å². The van der Waals surface area contributed by atoms with Gasteiger partial charge in [-0.25, -0.2) is 4.98 Å². The number of aryl methyl sites for hydroxylation is 1. The van der Waals surface area contributed by atoms with Crippen molar-refractivity contribution in [3.05, 3.63) is 74.6 Å². The lowest BCUT2D eigenvalue weighted by Crippen LogP contribution is -1.92. The number of benzene rings is 2. The Hall–Kier alpha value is -1.39. The molecule has 21 heavy (non-hydrogen) atoms. The third-order valence-corrected chi connectivity index (χ3v) is 4.84. The molecule has 0 unspecified atom stereocenters. The first-order valence-electron chi connectivity index (χ1n) is 6.69. The van der Waals surface area contributed by atoms with Gasteiger partial charge in [0.1, 0.15) is 5.82 Å². The fourth-order valence-electron chi connectivity index (χ4n) is 2.34. The van der Waals surface area contributed by atoms with Crippen molar-refractivity contribution in [1.29, 1.82) is 0 Å². The number of nitrogens with zero attached hydrogens (tertiary/aromatic N) is 1. The standard InChI is InChI=1S/C17H14Br2N2/c1-11-17(13-7-3-5-9-15(13)19)21-16(20-11)10-12-6-2-4-8-14(12)18/h2-9H,10H2,1H3,(H,20,21). The Balaban J connectivity index is 1.96. The maximum atomic E-state index is 4.77. The number of H-pyrrole nitrogens is 1. The summed E-state index contributed by atoms with van der Waals surface area (Å²) in [6, 6.07) is 16.4. The van der Waals surface area contributed by atoms with Gasteiger partial charge in [-0.05, 0) is 24.6 Å². The molecule has 4 heteroatoms. The van der Waals surface area contributed by atoms with Gasteiger partial charge >= 0.3 is 0 Å². The van der Waals surface area contributed by atoms with E-state index in [-0.39, 0.29) is 0 Å². The van der Waals surface area contributed by atoms with Crippen LogP contribution in [0.4, 0.5) is 0 Å². The van der Waals surface area contributed by atoms with Gasteiger partial charge in [-0.1, -0.05) is 68.3 Å². The van der Waals surface area contributed by atoms with Gasteiger partial charge in [-0.3, -0.25) is 0 Å². The van der Waals surface area contributed by atoms with Crippen molar-refractivity contribution in [2.75, 3.05) is 0 Å². The van der Waals surface area contributed by atoms with Crippen LogP contribution in [-0.4, -0.2) is 9.97 Å². The second kappa shape index (κ2) is 6.16. The van der Waals surface area contributed by atoms with E-state index in [4.69, 9.17) is 4.98 Å². The van der Waals surface area contributed by atoms with E-state index in [0.717, 1.165) is 38.1 Å². The normalized spacial score (nSPS) is 10.8. The van der Waals surface area contributed by atoms with Crippen LogP contribution in [0.15, 0.2) is 57.5 Å². The highest BCUT2D eigenvalue weighted by atomic mass is 79.9. The Labute approximate surface area is 140 Å². The second-order valence-electron chi connectivity index (χ2n) is 4.91. The van der Waals surface area contributed by atoms with Crippen molar-refractivity contribution < 1.29 is 0 Å². The Morgan fingerprint density at radius 3 is 2.33 bits per heavy atom. The van der Waals surface area contributed by atoms with Gasteiger partial charge in [0.05, 0.1) is 5.69 Å². The van der Waals surface area contributed by atoms with Crippen LogP contribution < -0.4 is 0 Å². The van der Waals surface area contributed by atoms with E-state index in [0.29, 0.717) is 0 Å². The molecule has 3 aromatic rings. The monoisotopic (exact) mass is 404 g/mol. The van der Waals surface area contributed by atoms with Crippen molar-refractivity contribution in [2.24, 2.45) is 0 Å². The summed E-state index contributed by atoms with van der Waals surface area (Å²) in [7, 11) is 0. The maximum Gasteiger partial charge on any atom is 0.111 e. The first-order valence-corrected chi connectivity index (χ1v) is 8.27. The summed E-state index contributed by atoms with van der Waals surface area (Å²) in [6.45, 7) is 2.06. The van der Waals surface area contributed by atoms with Gasteiger partial charge in [-0.2, -0.15) is 0 Å². The molecule has 0 radical (unpaired) electrons. The second-order valence-corrected chi connectivity index (χ2v) is 6.61. The van der Waals surface area contributed by atoms with Crippen LogP contribution in [0.1, 0.15) is 17.1 Å². The highest BCUT2D eigenvalue weighted by molar-refractivity contribution is 9.10. The van der Waals surface area contributed by atoms with Crippen LogP contribution in [0, 0.1) is 6.92 Å². The molecule has 0 atom stereocenters. The van der Waals surface area contributed by atoms with E-state index in [9.17, 15) is 0 Å². The average molecular weight is 406 g/mol. The van der Waals surface area contributed by atoms with E-state index >= 15 is 0 Å². The number of aromatic amines is 1. The summed E-state index contributed by atoms with van der Waals surface area (Å²) < 4.78 is 2.17. The van der Waals surface area contributed by atoms with Crippen molar-refractivity contribution in [2.45, 2.75) is 13.3 Å². The Morgan fingerprint density at radius 1 is 0.952 bits per heavy atom. The zero-order valence-electron chi connectivity index (χ0n) is 11.5. The van der Waals surface area contributed by atoms with Crippen LogP contribution in [0.3, 0.4) is 0 Å². The van der Waals surface area contributed by atoms with Crippen molar-refractivity contribution in [1.82, 2.24) is 9.97 Å². The van der Waals surface area contributed by atoms with Crippen LogP contribution in [0.25, 0.3) is 11.3 Å². The van der Waals surface area contributed by atoms with Crippen LogP contribution in [-0.2, 0) is 6.42 Å². The summed E-state index contributed by atoms with van der Waals surface area (Å²) >= 11 is 7.18. The molecule has 0 saturated carbocycles. The van der Waals surface area contributed by atoms with Gasteiger partial charge in [0.25, 0.3) is 0 Å². The predicted molar refractivity (Wildman–Crippen MR) is 93.4 cm³/mol. The first-order chi connectivity index (χ1) is 10.1. The smallest absolute Gasteiger partial charge is 0.111 e. The molecule has 1 aromatic heterocycles. The highest BCUT2D eigenvalue weighted by Crippen LogP contribution is 2.29. The van der Waals surface area contributed by atoms with Gasteiger partial charge in [-0.15, -0.1) is 0 Å². The fraction of sp³-hybridized carbons (Fsp3) is 0.118. The van der Waals surface area contributed by atoms with E-state index < -0.39 is 0 Å². The molecule has 0 aliphatic heterocycles. The molecule has 0 aliphatic rings. The number of nitrogens with one attached hydrogen (secondary N) is 1. The fourth-order valence-corrected chi connectivity index (χ4v) is 3.24. The highest BCUT2D eigenvalue weighted by Gasteiger charge is 2.12. The largest absolute Gasteiger partial charge is 0.345 e. The van der Waals surface area contributed by atoms with Gasteiger partial charge < -0.3 is 4.98 Å². The van der Waals surface area contributed by atoms with E-state index in [1.807, 2.05) is 30.3 Å². The number of imidazole rings is 1. The molecule has 1 heterocycles. The van der Waals surface area contributed by atoms with Crippen molar-refractivity contribution >= 4 is 31.9 Å².